The summed E-state index contributed by atoms with van der Waals surface area (Å²) < 4.78 is 35.2. The Bertz CT molecular complexity index is 1260. The summed E-state index contributed by atoms with van der Waals surface area (Å²) in [5.74, 6) is -0.508. The first-order chi connectivity index (χ1) is 15.7. The van der Waals surface area contributed by atoms with Crippen LogP contribution in [0.4, 0.5) is 0 Å². The molecule has 0 radical (unpaired) electrons. The highest BCUT2D eigenvalue weighted by Gasteiger charge is 2.52. The second-order valence-electron chi connectivity index (χ2n) is 7.96. The highest BCUT2D eigenvalue weighted by Crippen LogP contribution is 2.41. The molecule has 0 unspecified atom stereocenters. The Hall–Kier alpha value is -2.72. The van der Waals surface area contributed by atoms with E-state index >= 15 is 0 Å². The van der Waals surface area contributed by atoms with E-state index in [9.17, 15) is 13.2 Å². The van der Waals surface area contributed by atoms with E-state index in [2.05, 4.69) is 15.9 Å². The number of benzene rings is 3. The number of para-hydroxylation sites is 1. The van der Waals surface area contributed by atoms with Crippen LogP contribution in [0.15, 0.2) is 88.2 Å². The first kappa shape index (κ1) is 23.4. The van der Waals surface area contributed by atoms with Crippen molar-refractivity contribution in [2.24, 2.45) is 5.73 Å². The molecule has 9 heteroatoms. The normalized spacial score (nSPS) is 16.5. The number of ether oxygens (including phenoxy) is 1. The third-order valence-corrected chi connectivity index (χ3v) is 8.06. The molecule has 172 valence electrons. The first-order valence-corrected chi connectivity index (χ1v) is 12.5. The van der Waals surface area contributed by atoms with Crippen molar-refractivity contribution in [2.45, 2.75) is 23.0 Å². The van der Waals surface area contributed by atoms with E-state index < -0.39 is 27.6 Å². The maximum absolute atomic E-state index is 13.3. The SMILES string of the molecule is N[C@@H](Cc1cccc(S(=O)(=O)N2CC(Oc3ccccc3Br)(c3ccccc3)C2)c1)C(=O)O. The van der Waals surface area contributed by atoms with E-state index in [4.69, 9.17) is 15.6 Å². The lowest BCUT2D eigenvalue weighted by atomic mass is 9.87. The molecule has 1 fully saturated rings. The fourth-order valence-electron chi connectivity index (χ4n) is 3.80. The number of carbonyl (C=O) groups is 1. The molecule has 1 aliphatic rings. The van der Waals surface area contributed by atoms with Crippen LogP contribution in [-0.4, -0.2) is 42.9 Å². The number of rotatable bonds is 8. The molecule has 1 aliphatic heterocycles. The smallest absolute Gasteiger partial charge is 0.320 e. The number of nitrogens with zero attached hydrogens (tertiary/aromatic N) is 1. The van der Waals surface area contributed by atoms with Crippen molar-refractivity contribution >= 4 is 31.9 Å². The number of hydrogen-bond donors (Lipinski definition) is 2. The minimum absolute atomic E-state index is 0.0395. The van der Waals surface area contributed by atoms with Crippen molar-refractivity contribution in [1.82, 2.24) is 4.31 Å². The van der Waals surface area contributed by atoms with E-state index in [1.807, 2.05) is 54.6 Å². The maximum atomic E-state index is 13.3. The lowest BCUT2D eigenvalue weighted by molar-refractivity contribution is -0.138. The molecule has 4 rings (SSSR count). The number of sulfonamides is 1. The van der Waals surface area contributed by atoms with Gasteiger partial charge in [-0.3, -0.25) is 4.79 Å². The number of carboxylic acid groups (broad SMARTS) is 1. The van der Waals surface area contributed by atoms with Gasteiger partial charge < -0.3 is 15.6 Å². The van der Waals surface area contributed by atoms with Gasteiger partial charge in [0.2, 0.25) is 10.0 Å². The summed E-state index contributed by atoms with van der Waals surface area (Å²) in [6, 6.07) is 22.1. The van der Waals surface area contributed by atoms with E-state index in [0.29, 0.717) is 11.3 Å². The van der Waals surface area contributed by atoms with E-state index in [-0.39, 0.29) is 24.4 Å². The van der Waals surface area contributed by atoms with Gasteiger partial charge in [-0.15, -0.1) is 0 Å². The summed E-state index contributed by atoms with van der Waals surface area (Å²) >= 11 is 3.49. The van der Waals surface area contributed by atoms with Crippen molar-refractivity contribution < 1.29 is 23.1 Å². The molecule has 0 aromatic heterocycles. The topological polar surface area (TPSA) is 110 Å². The molecule has 1 heterocycles. The highest BCUT2D eigenvalue weighted by atomic mass is 79.9. The molecule has 0 amide bonds. The Kier molecular flexibility index (Phi) is 6.58. The van der Waals surface area contributed by atoms with Gasteiger partial charge >= 0.3 is 5.97 Å². The van der Waals surface area contributed by atoms with Gasteiger partial charge in [0.15, 0.2) is 5.60 Å². The van der Waals surface area contributed by atoms with Crippen molar-refractivity contribution in [1.29, 1.82) is 0 Å². The van der Waals surface area contributed by atoms with Gasteiger partial charge in [0, 0.05) is 0 Å². The number of aliphatic carboxylic acids is 1. The van der Waals surface area contributed by atoms with Gasteiger partial charge in [-0.25, -0.2) is 8.42 Å². The standard InChI is InChI=1S/C24H23BrN2O5S/c25-20-11-4-5-12-22(20)32-24(18-8-2-1-3-9-18)15-27(16-24)33(30,31)19-10-6-7-17(13-19)14-21(26)23(28)29/h1-13,21H,14-16,26H2,(H,28,29)/t21-/m0/s1. The Balaban J connectivity index is 1.60. The lowest BCUT2D eigenvalue weighted by Crippen LogP contribution is -2.64. The molecule has 0 bridgehead atoms. The van der Waals surface area contributed by atoms with E-state index in [1.54, 1.807) is 12.1 Å². The summed E-state index contributed by atoms with van der Waals surface area (Å²) in [4.78, 5) is 11.2. The number of nitrogens with two attached hydrogens (primary N) is 1. The third-order valence-electron chi connectivity index (χ3n) is 5.61. The van der Waals surface area contributed by atoms with Crippen LogP contribution in [0.5, 0.6) is 5.75 Å². The molecule has 3 N–H and O–H groups in total. The fraction of sp³-hybridized carbons (Fsp3) is 0.208. The van der Waals surface area contributed by atoms with Gasteiger partial charge in [-0.05, 0) is 57.7 Å². The molecule has 3 aromatic carbocycles. The van der Waals surface area contributed by atoms with Crippen molar-refractivity contribution in [2.75, 3.05) is 13.1 Å². The fourth-order valence-corrected chi connectivity index (χ4v) is 5.77. The summed E-state index contributed by atoms with van der Waals surface area (Å²) in [6.45, 7) is 0.277. The van der Waals surface area contributed by atoms with Crippen LogP contribution in [0.3, 0.4) is 0 Å². The second kappa shape index (κ2) is 9.26. The van der Waals surface area contributed by atoms with Gasteiger partial charge in [0.25, 0.3) is 0 Å². The van der Waals surface area contributed by atoms with Crippen LogP contribution >= 0.6 is 15.9 Å². The molecule has 0 spiro atoms. The monoisotopic (exact) mass is 530 g/mol. The van der Waals surface area contributed by atoms with E-state index in [0.717, 1.165) is 10.0 Å². The average Bonchev–Trinajstić information content (AvgIpc) is 2.77. The molecule has 0 saturated carbocycles. The molecule has 1 saturated heterocycles. The molecule has 1 atom stereocenters. The largest absolute Gasteiger partial charge is 0.480 e. The van der Waals surface area contributed by atoms with Crippen LogP contribution in [-0.2, 0) is 26.8 Å². The summed E-state index contributed by atoms with van der Waals surface area (Å²) in [5, 5.41) is 9.05. The van der Waals surface area contributed by atoms with Crippen molar-refractivity contribution in [3.63, 3.8) is 0 Å². The number of hydrogen-bond acceptors (Lipinski definition) is 5. The highest BCUT2D eigenvalue weighted by molar-refractivity contribution is 9.10. The maximum Gasteiger partial charge on any atom is 0.320 e. The molecular formula is C24H23BrN2O5S. The Morgan fingerprint density at radius 3 is 2.39 bits per heavy atom. The van der Waals surface area contributed by atoms with Crippen LogP contribution in [0.2, 0.25) is 0 Å². The van der Waals surface area contributed by atoms with E-state index in [1.165, 1.54) is 16.4 Å². The van der Waals surface area contributed by atoms with Crippen LogP contribution in [0.1, 0.15) is 11.1 Å². The van der Waals surface area contributed by atoms with Crippen LogP contribution in [0, 0.1) is 0 Å². The Morgan fingerprint density at radius 2 is 1.73 bits per heavy atom. The second-order valence-corrected chi connectivity index (χ2v) is 10.8. The van der Waals surface area contributed by atoms with Gasteiger partial charge in [-0.1, -0.05) is 54.6 Å². The summed E-state index contributed by atoms with van der Waals surface area (Å²) in [7, 11) is -3.81. The first-order valence-electron chi connectivity index (χ1n) is 10.3. The number of carboxylic acids is 1. The zero-order valence-electron chi connectivity index (χ0n) is 17.6. The zero-order valence-corrected chi connectivity index (χ0v) is 20.0. The Labute approximate surface area is 201 Å². The molecule has 0 aliphatic carbocycles. The lowest BCUT2D eigenvalue weighted by Gasteiger charge is -2.49. The number of halogens is 1. The Morgan fingerprint density at radius 1 is 1.06 bits per heavy atom. The molecule has 33 heavy (non-hydrogen) atoms. The van der Waals surface area contributed by atoms with Crippen molar-refractivity contribution in [3.8, 4) is 5.75 Å². The van der Waals surface area contributed by atoms with Crippen LogP contribution < -0.4 is 10.5 Å². The molecular weight excluding hydrogens is 508 g/mol. The van der Waals surface area contributed by atoms with Gasteiger partial charge in [0.1, 0.15) is 11.8 Å². The summed E-state index contributed by atoms with van der Waals surface area (Å²) in [6.07, 6.45) is 0.0395. The average molecular weight is 531 g/mol. The molecule has 3 aromatic rings. The minimum atomic E-state index is -3.81. The molecule has 7 nitrogen and oxygen atoms in total. The van der Waals surface area contributed by atoms with Gasteiger partial charge in [0.05, 0.1) is 22.5 Å². The quantitative estimate of drug-likeness (QED) is 0.461. The zero-order chi connectivity index (χ0) is 23.6. The predicted molar refractivity (Wildman–Crippen MR) is 127 cm³/mol. The third kappa shape index (κ3) is 4.81. The summed E-state index contributed by atoms with van der Waals surface area (Å²) in [5.41, 5.74) is 6.21. The minimum Gasteiger partial charge on any atom is -0.480 e. The van der Waals surface area contributed by atoms with Gasteiger partial charge in [-0.2, -0.15) is 4.31 Å². The van der Waals surface area contributed by atoms with Crippen LogP contribution in [0.25, 0.3) is 0 Å². The van der Waals surface area contributed by atoms with Crippen molar-refractivity contribution in [3.05, 3.63) is 94.5 Å². The predicted octanol–water partition coefficient (Wildman–Crippen LogP) is 3.38.